The first-order chi connectivity index (χ1) is 13.4. The fourth-order valence-electron chi connectivity index (χ4n) is 3.46. The standard InChI is InChI=1S/C19H19FN4O3S/c1-9-15-17(22-8-23-18(15)28-16(9)19(25)26)24-12-6-5-10(20)7-14(12)27-13-4-2-3-11(13)21/h5-8,11,13H,2-4,21H2,1H3,(H,25,26)(H,22,23,24). The van der Waals surface area contributed by atoms with E-state index in [1.807, 2.05) is 0 Å². The number of thiophene rings is 1. The maximum atomic E-state index is 13.8. The summed E-state index contributed by atoms with van der Waals surface area (Å²) >= 11 is 1.09. The molecular formula is C19H19FN4O3S. The van der Waals surface area contributed by atoms with Crippen molar-refractivity contribution < 1.29 is 19.0 Å². The molecule has 0 bridgehead atoms. The summed E-state index contributed by atoms with van der Waals surface area (Å²) in [7, 11) is 0. The molecule has 2 unspecified atom stereocenters. The zero-order chi connectivity index (χ0) is 19.8. The lowest BCUT2D eigenvalue weighted by atomic mass is 10.2. The van der Waals surface area contributed by atoms with Gasteiger partial charge in [-0.3, -0.25) is 0 Å². The van der Waals surface area contributed by atoms with Crippen molar-refractivity contribution >= 4 is 39.0 Å². The highest BCUT2D eigenvalue weighted by atomic mass is 32.1. The SMILES string of the molecule is Cc1c(C(=O)O)sc2ncnc(Nc3ccc(F)cc3OC3CCCC3N)c12. The van der Waals surface area contributed by atoms with Gasteiger partial charge >= 0.3 is 5.97 Å². The van der Waals surface area contributed by atoms with E-state index in [-0.39, 0.29) is 17.0 Å². The number of hydrogen-bond acceptors (Lipinski definition) is 7. The molecule has 9 heteroatoms. The number of fused-ring (bicyclic) bond motifs is 1. The van der Waals surface area contributed by atoms with Crippen LogP contribution in [-0.4, -0.2) is 33.2 Å². The third-order valence-corrected chi connectivity index (χ3v) is 6.09. The predicted molar refractivity (Wildman–Crippen MR) is 105 cm³/mol. The van der Waals surface area contributed by atoms with Crippen LogP contribution in [-0.2, 0) is 0 Å². The molecule has 0 spiro atoms. The fraction of sp³-hybridized carbons (Fsp3) is 0.316. The Balaban J connectivity index is 1.72. The normalized spacial score (nSPS) is 19.1. The summed E-state index contributed by atoms with van der Waals surface area (Å²) in [6.45, 7) is 1.72. The van der Waals surface area contributed by atoms with Gasteiger partial charge in [0.2, 0.25) is 0 Å². The number of carboxylic acid groups (broad SMARTS) is 1. The van der Waals surface area contributed by atoms with Crippen LogP contribution in [0.5, 0.6) is 5.75 Å². The minimum Gasteiger partial charge on any atom is -0.487 e. The van der Waals surface area contributed by atoms with Gasteiger partial charge < -0.3 is 20.9 Å². The molecule has 4 rings (SSSR count). The summed E-state index contributed by atoms with van der Waals surface area (Å²) < 4.78 is 19.8. The molecular weight excluding hydrogens is 383 g/mol. The summed E-state index contributed by atoms with van der Waals surface area (Å²) in [6.07, 6.45) is 3.86. The van der Waals surface area contributed by atoms with Gasteiger partial charge in [0.1, 0.15) is 39.5 Å². The van der Waals surface area contributed by atoms with Crippen LogP contribution in [0.15, 0.2) is 24.5 Å². The van der Waals surface area contributed by atoms with Crippen LogP contribution >= 0.6 is 11.3 Å². The molecule has 2 aromatic heterocycles. The number of hydrogen-bond donors (Lipinski definition) is 3. The van der Waals surface area contributed by atoms with Gasteiger partial charge in [-0.15, -0.1) is 11.3 Å². The highest BCUT2D eigenvalue weighted by molar-refractivity contribution is 7.20. The second-order valence-corrected chi connectivity index (χ2v) is 7.78. The molecule has 1 aliphatic carbocycles. The van der Waals surface area contributed by atoms with Crippen LogP contribution in [0.3, 0.4) is 0 Å². The highest BCUT2D eigenvalue weighted by Gasteiger charge is 2.27. The number of halogens is 1. The monoisotopic (exact) mass is 402 g/mol. The van der Waals surface area contributed by atoms with Crippen LogP contribution in [0.4, 0.5) is 15.9 Å². The molecule has 1 saturated carbocycles. The average molecular weight is 402 g/mol. The van der Waals surface area contributed by atoms with Crippen molar-refractivity contribution in [2.24, 2.45) is 5.73 Å². The van der Waals surface area contributed by atoms with Gasteiger partial charge in [0, 0.05) is 12.1 Å². The topological polar surface area (TPSA) is 110 Å². The third-order valence-electron chi connectivity index (χ3n) is 4.90. The van der Waals surface area contributed by atoms with Crippen molar-refractivity contribution in [2.45, 2.75) is 38.3 Å². The van der Waals surface area contributed by atoms with Gasteiger partial charge in [0.15, 0.2) is 0 Å². The van der Waals surface area contributed by atoms with E-state index in [9.17, 15) is 14.3 Å². The molecule has 146 valence electrons. The number of aromatic nitrogens is 2. The number of aryl methyl sites for hydroxylation is 1. The first kappa shape index (κ1) is 18.6. The Bertz CT molecular complexity index is 1060. The minimum absolute atomic E-state index is 0.0842. The van der Waals surface area contributed by atoms with Crippen molar-refractivity contribution in [3.8, 4) is 5.75 Å². The lowest BCUT2D eigenvalue weighted by Gasteiger charge is -2.20. The number of rotatable bonds is 5. The number of carboxylic acids is 1. The molecule has 0 radical (unpaired) electrons. The summed E-state index contributed by atoms with van der Waals surface area (Å²) in [5, 5.41) is 13.2. The number of carbonyl (C=O) groups is 1. The summed E-state index contributed by atoms with van der Waals surface area (Å²) in [5.41, 5.74) is 7.19. The third kappa shape index (κ3) is 3.38. The second-order valence-electron chi connectivity index (χ2n) is 6.78. The predicted octanol–water partition coefficient (Wildman–Crippen LogP) is 3.84. The van der Waals surface area contributed by atoms with E-state index in [4.69, 9.17) is 10.5 Å². The molecule has 3 aromatic rings. The molecule has 0 amide bonds. The molecule has 1 fully saturated rings. The Morgan fingerprint density at radius 1 is 1.39 bits per heavy atom. The molecule has 1 aliphatic rings. The Morgan fingerprint density at radius 3 is 2.93 bits per heavy atom. The van der Waals surface area contributed by atoms with E-state index in [1.165, 1.54) is 18.5 Å². The van der Waals surface area contributed by atoms with Crippen LogP contribution in [0, 0.1) is 12.7 Å². The minimum atomic E-state index is -1.01. The van der Waals surface area contributed by atoms with Gasteiger partial charge in [-0.1, -0.05) is 0 Å². The highest BCUT2D eigenvalue weighted by Crippen LogP contribution is 2.37. The molecule has 0 saturated heterocycles. The zero-order valence-corrected chi connectivity index (χ0v) is 15.9. The van der Waals surface area contributed by atoms with Gasteiger partial charge in [0.05, 0.1) is 11.1 Å². The van der Waals surface area contributed by atoms with Crippen molar-refractivity contribution in [2.75, 3.05) is 5.32 Å². The molecule has 2 atom stereocenters. The van der Waals surface area contributed by atoms with Crippen molar-refractivity contribution in [1.82, 2.24) is 9.97 Å². The fourth-order valence-corrected chi connectivity index (χ4v) is 4.45. The quantitative estimate of drug-likeness (QED) is 0.595. The number of nitrogens with zero attached hydrogens (tertiary/aromatic N) is 2. The van der Waals surface area contributed by atoms with Crippen molar-refractivity contribution in [3.63, 3.8) is 0 Å². The Morgan fingerprint density at radius 2 is 2.21 bits per heavy atom. The van der Waals surface area contributed by atoms with Crippen LogP contribution in [0.1, 0.15) is 34.5 Å². The van der Waals surface area contributed by atoms with Crippen molar-refractivity contribution in [1.29, 1.82) is 0 Å². The maximum Gasteiger partial charge on any atom is 0.346 e. The van der Waals surface area contributed by atoms with Crippen LogP contribution in [0.2, 0.25) is 0 Å². The lowest BCUT2D eigenvalue weighted by Crippen LogP contribution is -2.33. The largest absolute Gasteiger partial charge is 0.487 e. The van der Waals surface area contributed by atoms with E-state index >= 15 is 0 Å². The van der Waals surface area contributed by atoms with Gasteiger partial charge in [-0.2, -0.15) is 0 Å². The number of nitrogens with two attached hydrogens (primary N) is 1. The first-order valence-corrected chi connectivity index (χ1v) is 9.72. The van der Waals surface area contributed by atoms with E-state index in [0.717, 1.165) is 30.6 Å². The van der Waals surface area contributed by atoms with Gasteiger partial charge in [0.25, 0.3) is 0 Å². The molecule has 7 nitrogen and oxygen atoms in total. The molecule has 2 heterocycles. The van der Waals surface area contributed by atoms with Gasteiger partial charge in [-0.25, -0.2) is 19.2 Å². The number of aromatic carboxylic acids is 1. The first-order valence-electron chi connectivity index (χ1n) is 8.90. The Labute approximate surface area is 164 Å². The Hall–Kier alpha value is -2.78. The van der Waals surface area contributed by atoms with E-state index in [2.05, 4.69) is 15.3 Å². The number of ether oxygens (including phenoxy) is 1. The van der Waals surface area contributed by atoms with Gasteiger partial charge in [-0.05, 0) is 43.9 Å². The second kappa shape index (κ2) is 7.33. The average Bonchev–Trinajstić information content (AvgIpc) is 3.21. The number of anilines is 2. The number of benzene rings is 1. The molecule has 1 aromatic carbocycles. The number of nitrogens with one attached hydrogen (secondary N) is 1. The van der Waals surface area contributed by atoms with E-state index in [1.54, 1.807) is 13.0 Å². The molecule has 0 aliphatic heterocycles. The van der Waals surface area contributed by atoms with Crippen LogP contribution < -0.4 is 15.8 Å². The smallest absolute Gasteiger partial charge is 0.346 e. The summed E-state index contributed by atoms with van der Waals surface area (Å²) in [5.74, 6) is -0.633. The Kier molecular flexibility index (Phi) is 4.86. The molecule has 4 N–H and O–H groups in total. The van der Waals surface area contributed by atoms with Crippen LogP contribution in [0.25, 0.3) is 10.2 Å². The molecule has 28 heavy (non-hydrogen) atoms. The summed E-state index contributed by atoms with van der Waals surface area (Å²) in [4.78, 5) is 20.7. The van der Waals surface area contributed by atoms with E-state index in [0.29, 0.717) is 33.0 Å². The maximum absolute atomic E-state index is 13.8. The summed E-state index contributed by atoms with van der Waals surface area (Å²) in [6, 6.07) is 4.12. The van der Waals surface area contributed by atoms with Crippen molar-refractivity contribution in [3.05, 3.63) is 40.8 Å². The zero-order valence-electron chi connectivity index (χ0n) is 15.1. The lowest BCUT2D eigenvalue weighted by molar-refractivity contribution is 0.0701. The van der Waals surface area contributed by atoms with E-state index < -0.39 is 11.8 Å².